The van der Waals surface area contributed by atoms with Crippen molar-refractivity contribution in [2.45, 2.75) is 6.04 Å². The van der Waals surface area contributed by atoms with Crippen molar-refractivity contribution < 1.29 is 9.94 Å². The SMILES string of the molecule is ON1CCOC[C@@H]1c1c[nH]c2ccccc12. The first kappa shape index (κ1) is 9.84. The van der Waals surface area contributed by atoms with Gasteiger partial charge in [0.25, 0.3) is 0 Å². The highest BCUT2D eigenvalue weighted by molar-refractivity contribution is 5.83. The Morgan fingerprint density at radius 3 is 3.12 bits per heavy atom. The number of hydrogen-bond donors (Lipinski definition) is 2. The number of para-hydroxylation sites is 1. The van der Waals surface area contributed by atoms with Gasteiger partial charge in [0, 0.05) is 23.6 Å². The molecule has 1 atom stereocenters. The fraction of sp³-hybridized carbons (Fsp3) is 0.333. The minimum Gasteiger partial charge on any atom is -0.378 e. The summed E-state index contributed by atoms with van der Waals surface area (Å²) in [7, 11) is 0. The molecule has 1 aromatic carbocycles. The number of H-pyrrole nitrogens is 1. The summed E-state index contributed by atoms with van der Waals surface area (Å²) in [6.45, 7) is 1.69. The van der Waals surface area contributed by atoms with Gasteiger partial charge in [0.2, 0.25) is 0 Å². The molecule has 1 aliphatic heterocycles. The van der Waals surface area contributed by atoms with Crippen LogP contribution >= 0.6 is 0 Å². The van der Waals surface area contributed by atoms with Crippen molar-refractivity contribution in [3.05, 3.63) is 36.0 Å². The van der Waals surface area contributed by atoms with Crippen molar-refractivity contribution >= 4 is 10.9 Å². The second-order valence-corrected chi connectivity index (χ2v) is 4.04. The number of rotatable bonds is 1. The molecule has 0 radical (unpaired) electrons. The standard InChI is InChI=1S/C12H14N2O2/c15-14-5-6-16-8-12(14)10-7-13-11-4-2-1-3-9(10)11/h1-4,7,12-13,15H,5-6,8H2/t12-/m1/s1. The molecule has 2 aromatic rings. The van der Waals surface area contributed by atoms with Gasteiger partial charge < -0.3 is 14.9 Å². The summed E-state index contributed by atoms with van der Waals surface area (Å²) in [6, 6.07) is 8.03. The zero-order chi connectivity index (χ0) is 11.0. The van der Waals surface area contributed by atoms with Gasteiger partial charge in [-0.25, -0.2) is 0 Å². The molecular formula is C12H14N2O2. The highest BCUT2D eigenvalue weighted by Crippen LogP contribution is 2.28. The molecule has 0 spiro atoms. The van der Waals surface area contributed by atoms with E-state index in [1.54, 1.807) is 0 Å². The summed E-state index contributed by atoms with van der Waals surface area (Å²) in [6.07, 6.45) is 1.95. The molecule has 0 saturated carbocycles. The van der Waals surface area contributed by atoms with Gasteiger partial charge in [-0.15, -0.1) is 0 Å². The van der Waals surface area contributed by atoms with E-state index in [0.717, 1.165) is 16.5 Å². The third kappa shape index (κ3) is 1.51. The van der Waals surface area contributed by atoms with Crippen LogP contribution in [0.5, 0.6) is 0 Å². The summed E-state index contributed by atoms with van der Waals surface area (Å²) in [5.74, 6) is 0. The molecule has 3 rings (SSSR count). The molecule has 0 unspecified atom stereocenters. The van der Waals surface area contributed by atoms with Crippen molar-refractivity contribution in [3.63, 3.8) is 0 Å². The Balaban J connectivity index is 2.04. The van der Waals surface area contributed by atoms with Crippen LogP contribution < -0.4 is 0 Å². The average Bonchev–Trinajstić information content (AvgIpc) is 2.74. The molecule has 0 aliphatic carbocycles. The lowest BCUT2D eigenvalue weighted by Crippen LogP contribution is -2.36. The van der Waals surface area contributed by atoms with E-state index < -0.39 is 0 Å². The maximum absolute atomic E-state index is 9.84. The molecular weight excluding hydrogens is 204 g/mol. The molecule has 1 saturated heterocycles. The fourth-order valence-electron chi connectivity index (χ4n) is 2.21. The summed E-state index contributed by atoms with van der Waals surface area (Å²) < 4.78 is 5.41. The number of hydrogen-bond acceptors (Lipinski definition) is 3. The molecule has 16 heavy (non-hydrogen) atoms. The Kier molecular flexibility index (Phi) is 2.40. The first-order valence-corrected chi connectivity index (χ1v) is 5.45. The minimum atomic E-state index is -0.0649. The molecule has 1 aliphatic rings. The molecule has 1 fully saturated rings. The highest BCUT2D eigenvalue weighted by atomic mass is 16.5. The Bertz CT molecular complexity index is 494. The van der Waals surface area contributed by atoms with Crippen LogP contribution in [0.2, 0.25) is 0 Å². The van der Waals surface area contributed by atoms with Gasteiger partial charge in [0.1, 0.15) is 0 Å². The maximum Gasteiger partial charge on any atom is 0.0854 e. The highest BCUT2D eigenvalue weighted by Gasteiger charge is 2.25. The first-order valence-electron chi connectivity index (χ1n) is 5.45. The number of ether oxygens (including phenoxy) is 1. The first-order chi connectivity index (χ1) is 7.86. The van der Waals surface area contributed by atoms with Crippen molar-refractivity contribution in [1.29, 1.82) is 0 Å². The number of nitrogens with zero attached hydrogens (tertiary/aromatic N) is 1. The van der Waals surface area contributed by atoms with Crippen LogP contribution in [0.3, 0.4) is 0 Å². The summed E-state index contributed by atoms with van der Waals surface area (Å²) in [5.41, 5.74) is 2.19. The molecule has 0 amide bonds. The Labute approximate surface area is 93.4 Å². The quantitative estimate of drug-likeness (QED) is 0.769. The summed E-state index contributed by atoms with van der Waals surface area (Å²) in [4.78, 5) is 3.21. The van der Waals surface area contributed by atoms with E-state index in [4.69, 9.17) is 4.74 Å². The number of fused-ring (bicyclic) bond motifs is 1. The van der Waals surface area contributed by atoms with E-state index in [1.165, 1.54) is 5.06 Å². The minimum absolute atomic E-state index is 0.0649. The monoisotopic (exact) mass is 218 g/mol. The molecule has 84 valence electrons. The Morgan fingerprint density at radius 2 is 2.25 bits per heavy atom. The number of aromatic amines is 1. The van der Waals surface area contributed by atoms with Crippen LogP contribution in [0.15, 0.2) is 30.5 Å². The fourth-order valence-corrected chi connectivity index (χ4v) is 2.21. The zero-order valence-electron chi connectivity index (χ0n) is 8.89. The van der Waals surface area contributed by atoms with Gasteiger partial charge >= 0.3 is 0 Å². The summed E-state index contributed by atoms with van der Waals surface area (Å²) >= 11 is 0. The van der Waals surface area contributed by atoms with Gasteiger partial charge in [-0.2, -0.15) is 5.06 Å². The predicted octanol–water partition coefficient (Wildman–Crippen LogP) is 1.93. The molecule has 0 bridgehead atoms. The van der Waals surface area contributed by atoms with Crippen LogP contribution in [0.4, 0.5) is 0 Å². The molecule has 4 nitrogen and oxygen atoms in total. The lowest BCUT2D eigenvalue weighted by molar-refractivity contribution is -0.182. The number of morpholine rings is 1. The largest absolute Gasteiger partial charge is 0.378 e. The second kappa shape index (κ2) is 3.90. The van der Waals surface area contributed by atoms with E-state index in [2.05, 4.69) is 11.1 Å². The van der Waals surface area contributed by atoms with E-state index in [1.807, 2.05) is 24.4 Å². The zero-order valence-corrected chi connectivity index (χ0v) is 8.89. The predicted molar refractivity (Wildman–Crippen MR) is 60.4 cm³/mol. The molecule has 1 aromatic heterocycles. The van der Waals surface area contributed by atoms with Crippen molar-refractivity contribution in [3.8, 4) is 0 Å². The molecule has 4 heteroatoms. The Morgan fingerprint density at radius 1 is 1.38 bits per heavy atom. The lowest BCUT2D eigenvalue weighted by Gasteiger charge is -2.30. The third-order valence-electron chi connectivity index (χ3n) is 3.08. The summed E-state index contributed by atoms with van der Waals surface area (Å²) in [5, 5.41) is 12.3. The maximum atomic E-state index is 9.84. The van der Waals surface area contributed by atoms with Crippen LogP contribution in [0.1, 0.15) is 11.6 Å². The van der Waals surface area contributed by atoms with Crippen LogP contribution in [-0.2, 0) is 4.74 Å². The van der Waals surface area contributed by atoms with Gasteiger partial charge in [-0.3, -0.25) is 0 Å². The topological polar surface area (TPSA) is 48.5 Å². The average molecular weight is 218 g/mol. The molecule has 2 heterocycles. The van der Waals surface area contributed by atoms with E-state index in [0.29, 0.717) is 19.8 Å². The smallest absolute Gasteiger partial charge is 0.0854 e. The second-order valence-electron chi connectivity index (χ2n) is 4.04. The van der Waals surface area contributed by atoms with Crippen LogP contribution in [0, 0.1) is 0 Å². The number of benzene rings is 1. The number of hydroxylamine groups is 2. The number of aromatic nitrogens is 1. The van der Waals surface area contributed by atoms with E-state index >= 15 is 0 Å². The molecule has 2 N–H and O–H groups in total. The number of nitrogens with one attached hydrogen (secondary N) is 1. The van der Waals surface area contributed by atoms with Gasteiger partial charge in [-0.1, -0.05) is 18.2 Å². The van der Waals surface area contributed by atoms with Gasteiger partial charge in [0.05, 0.1) is 19.3 Å². The lowest BCUT2D eigenvalue weighted by atomic mass is 10.1. The van der Waals surface area contributed by atoms with Crippen molar-refractivity contribution in [1.82, 2.24) is 10.0 Å². The van der Waals surface area contributed by atoms with Crippen molar-refractivity contribution in [2.75, 3.05) is 19.8 Å². The van der Waals surface area contributed by atoms with Gasteiger partial charge in [0.15, 0.2) is 0 Å². The van der Waals surface area contributed by atoms with Crippen molar-refractivity contribution in [2.24, 2.45) is 0 Å². The normalized spacial score (nSPS) is 22.7. The van der Waals surface area contributed by atoms with E-state index in [9.17, 15) is 5.21 Å². The Hall–Kier alpha value is -1.36. The van der Waals surface area contributed by atoms with E-state index in [-0.39, 0.29) is 6.04 Å². The van der Waals surface area contributed by atoms with Gasteiger partial charge in [-0.05, 0) is 11.6 Å². The van der Waals surface area contributed by atoms with Crippen LogP contribution in [-0.4, -0.2) is 35.0 Å². The third-order valence-corrected chi connectivity index (χ3v) is 3.08. The van der Waals surface area contributed by atoms with Crippen LogP contribution in [0.25, 0.3) is 10.9 Å².